The first-order valence-electron chi connectivity index (χ1n) is 4.33. The SMILES string of the molecule is CC(C(=O)O)c1cc(CN(C)C)on1. The molecule has 1 aromatic heterocycles. The highest BCUT2D eigenvalue weighted by Crippen LogP contribution is 2.15. The summed E-state index contributed by atoms with van der Waals surface area (Å²) in [5, 5.41) is 12.4. The molecule has 14 heavy (non-hydrogen) atoms. The number of carboxylic acids is 1. The van der Waals surface area contributed by atoms with Gasteiger partial charge in [0, 0.05) is 6.07 Å². The standard InChI is InChI=1S/C9H14N2O3/c1-6(9(12)13)8-4-7(14-10-8)5-11(2)3/h4,6H,5H2,1-3H3,(H,12,13). The van der Waals surface area contributed by atoms with Crippen molar-refractivity contribution in [3.8, 4) is 0 Å². The lowest BCUT2D eigenvalue weighted by Gasteiger charge is -2.04. The monoisotopic (exact) mass is 198 g/mol. The lowest BCUT2D eigenvalue weighted by atomic mass is 10.1. The van der Waals surface area contributed by atoms with E-state index in [0.717, 1.165) is 0 Å². The first-order chi connectivity index (χ1) is 6.50. The molecule has 5 nitrogen and oxygen atoms in total. The average Bonchev–Trinajstić information content (AvgIpc) is 2.50. The minimum Gasteiger partial charge on any atom is -0.481 e. The summed E-state index contributed by atoms with van der Waals surface area (Å²) in [6, 6.07) is 1.68. The Labute approximate surface area is 82.3 Å². The smallest absolute Gasteiger partial charge is 0.312 e. The molecule has 1 atom stereocenters. The first kappa shape index (κ1) is 10.7. The average molecular weight is 198 g/mol. The Bertz CT molecular complexity index is 320. The minimum absolute atomic E-state index is 0.467. The van der Waals surface area contributed by atoms with Gasteiger partial charge in [0.25, 0.3) is 0 Å². The van der Waals surface area contributed by atoms with Gasteiger partial charge in [0.2, 0.25) is 0 Å². The zero-order valence-electron chi connectivity index (χ0n) is 8.52. The molecule has 1 rings (SSSR count). The second-order valence-electron chi connectivity index (χ2n) is 3.52. The van der Waals surface area contributed by atoms with Crippen molar-refractivity contribution in [1.82, 2.24) is 10.1 Å². The van der Waals surface area contributed by atoms with Crippen LogP contribution >= 0.6 is 0 Å². The normalized spacial score (nSPS) is 13.1. The number of aliphatic carboxylic acids is 1. The van der Waals surface area contributed by atoms with E-state index in [1.807, 2.05) is 19.0 Å². The van der Waals surface area contributed by atoms with Crippen molar-refractivity contribution in [1.29, 1.82) is 0 Å². The molecule has 1 unspecified atom stereocenters. The molecular formula is C9H14N2O3. The van der Waals surface area contributed by atoms with E-state index >= 15 is 0 Å². The fraction of sp³-hybridized carbons (Fsp3) is 0.556. The lowest BCUT2D eigenvalue weighted by molar-refractivity contribution is -0.138. The van der Waals surface area contributed by atoms with E-state index in [1.54, 1.807) is 13.0 Å². The van der Waals surface area contributed by atoms with Gasteiger partial charge in [-0.05, 0) is 21.0 Å². The number of carbonyl (C=O) groups is 1. The van der Waals surface area contributed by atoms with Crippen LogP contribution in [0, 0.1) is 0 Å². The maximum absolute atomic E-state index is 10.6. The fourth-order valence-electron chi connectivity index (χ4n) is 1.05. The van der Waals surface area contributed by atoms with Gasteiger partial charge >= 0.3 is 5.97 Å². The van der Waals surface area contributed by atoms with Crippen LogP contribution in [0.15, 0.2) is 10.6 Å². The summed E-state index contributed by atoms with van der Waals surface area (Å²) >= 11 is 0. The van der Waals surface area contributed by atoms with Crippen molar-refractivity contribution in [3.63, 3.8) is 0 Å². The van der Waals surface area contributed by atoms with E-state index in [4.69, 9.17) is 9.63 Å². The second kappa shape index (κ2) is 4.23. The molecule has 0 radical (unpaired) electrons. The van der Waals surface area contributed by atoms with Crippen LogP contribution in [0.4, 0.5) is 0 Å². The topological polar surface area (TPSA) is 66.6 Å². The summed E-state index contributed by atoms with van der Waals surface area (Å²) in [5.74, 6) is -0.831. The summed E-state index contributed by atoms with van der Waals surface area (Å²) in [4.78, 5) is 12.6. The molecule has 0 spiro atoms. The molecule has 78 valence electrons. The molecule has 0 aliphatic heterocycles. The maximum atomic E-state index is 10.6. The highest BCUT2D eigenvalue weighted by molar-refractivity contribution is 5.74. The van der Waals surface area contributed by atoms with Gasteiger partial charge in [0.05, 0.1) is 18.2 Å². The van der Waals surface area contributed by atoms with E-state index < -0.39 is 11.9 Å². The van der Waals surface area contributed by atoms with Crippen LogP contribution < -0.4 is 0 Å². The maximum Gasteiger partial charge on any atom is 0.312 e. The molecule has 0 bridgehead atoms. The van der Waals surface area contributed by atoms with Crippen molar-refractivity contribution in [3.05, 3.63) is 17.5 Å². The Kier molecular flexibility index (Phi) is 3.24. The number of aromatic nitrogens is 1. The van der Waals surface area contributed by atoms with Crippen LogP contribution in [-0.4, -0.2) is 35.2 Å². The van der Waals surface area contributed by atoms with Gasteiger partial charge in [-0.2, -0.15) is 0 Å². The predicted molar refractivity (Wildman–Crippen MR) is 49.9 cm³/mol. The largest absolute Gasteiger partial charge is 0.481 e. The minimum atomic E-state index is -0.894. The van der Waals surface area contributed by atoms with E-state index in [9.17, 15) is 4.79 Å². The molecule has 1 heterocycles. The molecule has 0 saturated heterocycles. The number of hydrogen-bond donors (Lipinski definition) is 1. The summed E-state index contributed by atoms with van der Waals surface area (Å²) in [6.45, 7) is 2.21. The number of nitrogens with zero attached hydrogens (tertiary/aromatic N) is 2. The van der Waals surface area contributed by atoms with Crippen molar-refractivity contribution < 1.29 is 14.4 Å². The highest BCUT2D eigenvalue weighted by atomic mass is 16.5. The highest BCUT2D eigenvalue weighted by Gasteiger charge is 2.18. The predicted octanol–water partition coefficient (Wildman–Crippen LogP) is 0.924. The molecule has 1 N–H and O–H groups in total. The third kappa shape index (κ3) is 2.56. The van der Waals surface area contributed by atoms with Crippen LogP contribution in [-0.2, 0) is 11.3 Å². The van der Waals surface area contributed by atoms with Crippen molar-refractivity contribution >= 4 is 5.97 Å². The van der Waals surface area contributed by atoms with Crippen LogP contribution in [0.5, 0.6) is 0 Å². The van der Waals surface area contributed by atoms with Crippen LogP contribution in [0.1, 0.15) is 24.3 Å². The zero-order chi connectivity index (χ0) is 10.7. The van der Waals surface area contributed by atoms with E-state index in [2.05, 4.69) is 5.16 Å². The van der Waals surface area contributed by atoms with Crippen LogP contribution in [0.3, 0.4) is 0 Å². The third-order valence-electron chi connectivity index (χ3n) is 1.86. The number of carboxylic acid groups (broad SMARTS) is 1. The van der Waals surface area contributed by atoms with Crippen molar-refractivity contribution in [2.75, 3.05) is 14.1 Å². The molecule has 0 saturated carbocycles. The van der Waals surface area contributed by atoms with Gasteiger partial charge < -0.3 is 14.5 Å². The Morgan fingerprint density at radius 2 is 2.36 bits per heavy atom. The molecule has 1 aromatic rings. The molecule has 0 aromatic carbocycles. The molecule has 0 aliphatic rings. The van der Waals surface area contributed by atoms with Gasteiger partial charge in [-0.1, -0.05) is 5.16 Å². The second-order valence-corrected chi connectivity index (χ2v) is 3.52. The van der Waals surface area contributed by atoms with Gasteiger partial charge in [-0.25, -0.2) is 0 Å². The molecule has 0 aliphatic carbocycles. The van der Waals surface area contributed by atoms with Gasteiger partial charge in [0.15, 0.2) is 5.76 Å². The van der Waals surface area contributed by atoms with Gasteiger partial charge in [-0.15, -0.1) is 0 Å². The quantitative estimate of drug-likeness (QED) is 0.779. The number of rotatable bonds is 4. The molecule has 0 amide bonds. The van der Waals surface area contributed by atoms with E-state index in [0.29, 0.717) is 18.0 Å². The summed E-state index contributed by atoms with van der Waals surface area (Å²) in [6.07, 6.45) is 0. The number of hydrogen-bond acceptors (Lipinski definition) is 4. The van der Waals surface area contributed by atoms with E-state index in [1.165, 1.54) is 0 Å². The van der Waals surface area contributed by atoms with Gasteiger partial charge in [0.1, 0.15) is 0 Å². The summed E-state index contributed by atoms with van der Waals surface area (Å²) < 4.78 is 4.99. The molecular weight excluding hydrogens is 184 g/mol. The lowest BCUT2D eigenvalue weighted by Crippen LogP contribution is -2.10. The fourth-order valence-corrected chi connectivity index (χ4v) is 1.05. The Hall–Kier alpha value is -1.36. The van der Waals surface area contributed by atoms with E-state index in [-0.39, 0.29) is 0 Å². The van der Waals surface area contributed by atoms with Gasteiger partial charge in [-0.3, -0.25) is 4.79 Å². The third-order valence-corrected chi connectivity index (χ3v) is 1.86. The summed E-state index contributed by atoms with van der Waals surface area (Å²) in [7, 11) is 3.81. The first-order valence-corrected chi connectivity index (χ1v) is 4.33. The van der Waals surface area contributed by atoms with Crippen molar-refractivity contribution in [2.24, 2.45) is 0 Å². The zero-order valence-corrected chi connectivity index (χ0v) is 8.52. The Balaban J connectivity index is 2.72. The molecule has 5 heteroatoms. The van der Waals surface area contributed by atoms with Crippen LogP contribution in [0.25, 0.3) is 0 Å². The Morgan fingerprint density at radius 3 is 2.86 bits per heavy atom. The van der Waals surface area contributed by atoms with Crippen LogP contribution in [0.2, 0.25) is 0 Å². The van der Waals surface area contributed by atoms with Crippen molar-refractivity contribution in [2.45, 2.75) is 19.4 Å². The molecule has 0 fully saturated rings. The Morgan fingerprint density at radius 1 is 1.71 bits per heavy atom. The summed E-state index contributed by atoms with van der Waals surface area (Å²) in [5.41, 5.74) is 0.467.